The quantitative estimate of drug-likeness (QED) is 0.500. The Kier molecular flexibility index (Phi) is 5.04. The van der Waals surface area contributed by atoms with Crippen LogP contribution in [0.15, 0.2) is 36.9 Å². The summed E-state index contributed by atoms with van der Waals surface area (Å²) in [4.78, 5) is 8.39. The third-order valence-electron chi connectivity index (χ3n) is 5.74. The molecule has 2 N–H and O–H groups in total. The van der Waals surface area contributed by atoms with E-state index in [1.54, 1.807) is 12.3 Å². The summed E-state index contributed by atoms with van der Waals surface area (Å²) in [7, 11) is 1.42. The Morgan fingerprint density at radius 1 is 1.16 bits per heavy atom. The van der Waals surface area contributed by atoms with Gasteiger partial charge >= 0.3 is 6.18 Å². The SMILES string of the molecule is COc1cc(-c2[nH]nc(-c3ccc(C4CCNCC4)cn3)c2C(F)(F)F)cn2ncnc12. The Balaban J connectivity index is 1.58. The van der Waals surface area contributed by atoms with Gasteiger partial charge in [-0.15, -0.1) is 0 Å². The van der Waals surface area contributed by atoms with Gasteiger partial charge in [-0.25, -0.2) is 9.50 Å². The van der Waals surface area contributed by atoms with Crippen molar-refractivity contribution < 1.29 is 17.9 Å². The van der Waals surface area contributed by atoms with Crippen LogP contribution in [0.1, 0.15) is 29.9 Å². The van der Waals surface area contributed by atoms with E-state index >= 15 is 0 Å². The lowest BCUT2D eigenvalue weighted by molar-refractivity contribution is -0.136. The van der Waals surface area contributed by atoms with Crippen LogP contribution in [0.2, 0.25) is 0 Å². The fourth-order valence-corrected chi connectivity index (χ4v) is 4.14. The highest BCUT2D eigenvalue weighted by Gasteiger charge is 2.40. The number of piperidine rings is 1. The van der Waals surface area contributed by atoms with Gasteiger partial charge in [-0.05, 0) is 49.5 Å². The van der Waals surface area contributed by atoms with Crippen molar-refractivity contribution >= 4 is 5.65 Å². The topological polar surface area (TPSA) is 93.0 Å². The number of aromatic amines is 1. The van der Waals surface area contributed by atoms with E-state index in [1.807, 2.05) is 6.07 Å². The number of nitrogens with zero attached hydrogens (tertiary/aromatic N) is 5. The minimum Gasteiger partial charge on any atom is -0.493 e. The number of fused-ring (bicyclic) bond motifs is 1. The van der Waals surface area contributed by atoms with E-state index in [0.29, 0.717) is 17.3 Å². The Morgan fingerprint density at radius 3 is 2.66 bits per heavy atom. The Labute approximate surface area is 180 Å². The van der Waals surface area contributed by atoms with E-state index in [1.165, 1.54) is 30.2 Å². The molecule has 0 amide bonds. The standard InChI is InChI=1S/C21H20F3N7O/c1-32-16-8-14(10-31-20(16)27-11-28-31)18-17(21(22,23)24)19(30-29-18)15-3-2-13(9-26-15)12-4-6-25-7-5-12/h2-3,8-12,25H,4-7H2,1H3,(H,29,30). The molecule has 0 saturated carbocycles. The molecule has 0 bridgehead atoms. The summed E-state index contributed by atoms with van der Waals surface area (Å²) in [5.41, 5.74) is 0.486. The maximum absolute atomic E-state index is 14.2. The molecule has 4 aromatic rings. The summed E-state index contributed by atoms with van der Waals surface area (Å²) in [5.74, 6) is 0.658. The minimum absolute atomic E-state index is 0.159. The number of aromatic nitrogens is 6. The normalized spacial score (nSPS) is 15.4. The first-order valence-electron chi connectivity index (χ1n) is 10.2. The summed E-state index contributed by atoms with van der Waals surface area (Å²) in [6.45, 7) is 1.85. The number of halogens is 3. The highest BCUT2D eigenvalue weighted by Crippen LogP contribution is 2.42. The second kappa shape index (κ2) is 7.90. The molecule has 32 heavy (non-hydrogen) atoms. The summed E-state index contributed by atoms with van der Waals surface area (Å²) in [5, 5.41) is 13.9. The molecule has 5 heterocycles. The van der Waals surface area contributed by atoms with Crippen LogP contribution in [0.4, 0.5) is 13.2 Å². The fourth-order valence-electron chi connectivity index (χ4n) is 4.14. The molecule has 1 aliphatic rings. The van der Waals surface area contributed by atoms with Gasteiger partial charge in [-0.1, -0.05) is 6.07 Å². The Morgan fingerprint density at radius 2 is 1.97 bits per heavy atom. The van der Waals surface area contributed by atoms with Gasteiger partial charge in [0, 0.05) is 18.0 Å². The first-order chi connectivity index (χ1) is 15.5. The smallest absolute Gasteiger partial charge is 0.420 e. The maximum atomic E-state index is 14.2. The number of hydrogen-bond donors (Lipinski definition) is 2. The Hall–Kier alpha value is -3.47. The lowest BCUT2D eigenvalue weighted by Crippen LogP contribution is -2.26. The second-order valence-electron chi connectivity index (χ2n) is 7.65. The lowest BCUT2D eigenvalue weighted by atomic mass is 9.91. The highest BCUT2D eigenvalue weighted by atomic mass is 19.4. The van der Waals surface area contributed by atoms with Gasteiger partial charge < -0.3 is 10.1 Å². The van der Waals surface area contributed by atoms with Gasteiger partial charge in [0.05, 0.1) is 18.5 Å². The average molecular weight is 443 g/mol. The molecule has 5 rings (SSSR count). The lowest BCUT2D eigenvalue weighted by Gasteiger charge is -2.22. The van der Waals surface area contributed by atoms with Crippen molar-refractivity contribution in [3.8, 4) is 28.4 Å². The molecule has 8 nitrogen and oxygen atoms in total. The summed E-state index contributed by atoms with van der Waals surface area (Å²) in [6.07, 6.45) is 1.72. The Bertz CT molecular complexity index is 1240. The zero-order valence-electron chi connectivity index (χ0n) is 17.1. The number of H-pyrrole nitrogens is 1. The predicted molar refractivity (Wildman–Crippen MR) is 110 cm³/mol. The van der Waals surface area contributed by atoms with Gasteiger partial charge in [0.15, 0.2) is 11.4 Å². The van der Waals surface area contributed by atoms with E-state index in [9.17, 15) is 13.2 Å². The van der Waals surface area contributed by atoms with E-state index < -0.39 is 11.7 Å². The molecule has 0 spiro atoms. The molecular weight excluding hydrogens is 423 g/mol. The van der Waals surface area contributed by atoms with E-state index in [2.05, 4.69) is 30.6 Å². The summed E-state index contributed by atoms with van der Waals surface area (Å²) in [6, 6.07) is 4.93. The van der Waals surface area contributed by atoms with Crippen molar-refractivity contribution in [1.29, 1.82) is 0 Å². The van der Waals surface area contributed by atoms with Crippen LogP contribution in [-0.4, -0.2) is 50.0 Å². The number of hydrogen-bond acceptors (Lipinski definition) is 6. The molecule has 1 saturated heterocycles. The molecule has 0 unspecified atom stereocenters. The van der Waals surface area contributed by atoms with Gasteiger partial charge in [0.1, 0.15) is 17.6 Å². The van der Waals surface area contributed by atoms with Gasteiger partial charge in [0.2, 0.25) is 0 Å². The van der Waals surface area contributed by atoms with Crippen molar-refractivity contribution in [3.63, 3.8) is 0 Å². The largest absolute Gasteiger partial charge is 0.493 e. The molecule has 11 heteroatoms. The van der Waals surface area contributed by atoms with Crippen LogP contribution in [-0.2, 0) is 6.18 Å². The van der Waals surface area contributed by atoms with Crippen LogP contribution in [0.5, 0.6) is 5.75 Å². The van der Waals surface area contributed by atoms with E-state index in [-0.39, 0.29) is 22.6 Å². The van der Waals surface area contributed by atoms with Crippen molar-refractivity contribution in [2.75, 3.05) is 20.2 Å². The van der Waals surface area contributed by atoms with Crippen LogP contribution < -0.4 is 10.1 Å². The molecule has 4 aromatic heterocycles. The fraction of sp³-hybridized carbons (Fsp3) is 0.333. The number of rotatable bonds is 4. The molecule has 0 aliphatic carbocycles. The average Bonchev–Trinajstić information content (AvgIpc) is 3.46. The van der Waals surface area contributed by atoms with Gasteiger partial charge in [-0.2, -0.15) is 23.4 Å². The van der Waals surface area contributed by atoms with Crippen molar-refractivity contribution in [1.82, 2.24) is 35.1 Å². The van der Waals surface area contributed by atoms with Gasteiger partial charge in [-0.3, -0.25) is 10.1 Å². The van der Waals surface area contributed by atoms with Crippen molar-refractivity contribution in [3.05, 3.63) is 48.0 Å². The summed E-state index contributed by atoms with van der Waals surface area (Å²) >= 11 is 0. The molecule has 0 atom stereocenters. The maximum Gasteiger partial charge on any atom is 0.420 e. The van der Waals surface area contributed by atoms with Crippen LogP contribution in [0.3, 0.4) is 0 Å². The number of methoxy groups -OCH3 is 1. The van der Waals surface area contributed by atoms with Crippen LogP contribution >= 0.6 is 0 Å². The third-order valence-corrected chi connectivity index (χ3v) is 5.74. The molecule has 0 aromatic carbocycles. The molecule has 166 valence electrons. The molecular formula is C21H20F3N7O. The summed E-state index contributed by atoms with van der Waals surface area (Å²) < 4.78 is 49.1. The minimum atomic E-state index is -4.66. The van der Waals surface area contributed by atoms with E-state index in [0.717, 1.165) is 31.5 Å². The first-order valence-corrected chi connectivity index (χ1v) is 10.2. The zero-order valence-corrected chi connectivity index (χ0v) is 17.1. The number of alkyl halides is 3. The molecule has 1 fully saturated rings. The predicted octanol–water partition coefficient (Wildman–Crippen LogP) is 3.68. The number of pyridine rings is 2. The van der Waals surface area contributed by atoms with Gasteiger partial charge in [0.25, 0.3) is 0 Å². The monoisotopic (exact) mass is 443 g/mol. The van der Waals surface area contributed by atoms with Crippen LogP contribution in [0, 0.1) is 0 Å². The van der Waals surface area contributed by atoms with Crippen molar-refractivity contribution in [2.24, 2.45) is 0 Å². The second-order valence-corrected chi connectivity index (χ2v) is 7.65. The van der Waals surface area contributed by atoms with E-state index in [4.69, 9.17) is 4.74 Å². The molecule has 1 aliphatic heterocycles. The zero-order chi connectivity index (χ0) is 22.3. The first kappa shape index (κ1) is 20.4. The third kappa shape index (κ3) is 3.58. The number of ether oxygens (including phenoxy) is 1. The van der Waals surface area contributed by atoms with Crippen molar-refractivity contribution in [2.45, 2.75) is 24.9 Å². The number of nitrogens with one attached hydrogen (secondary N) is 2. The molecule has 0 radical (unpaired) electrons. The highest BCUT2D eigenvalue weighted by molar-refractivity contribution is 5.75. The van der Waals surface area contributed by atoms with Crippen LogP contribution in [0.25, 0.3) is 28.3 Å².